The summed E-state index contributed by atoms with van der Waals surface area (Å²) in [5, 5.41) is 9.81. The molecule has 3 aromatic rings. The Balaban J connectivity index is 1.93. The van der Waals surface area contributed by atoms with Gasteiger partial charge in [-0.15, -0.1) is 0 Å². The quantitative estimate of drug-likeness (QED) is 0.771. The molecular weight excluding hydrogens is 264 g/mol. The molecule has 0 aliphatic carbocycles. The Morgan fingerprint density at radius 3 is 2.58 bits per heavy atom. The van der Waals surface area contributed by atoms with Crippen molar-refractivity contribution in [3.63, 3.8) is 0 Å². The second-order valence-electron chi connectivity index (χ2n) is 3.94. The molecule has 0 saturated heterocycles. The van der Waals surface area contributed by atoms with Gasteiger partial charge in [-0.1, -0.05) is 11.6 Å². The maximum absolute atomic E-state index is 9.19. The minimum Gasteiger partial charge on any atom is -0.508 e. The molecule has 19 heavy (non-hydrogen) atoms. The van der Waals surface area contributed by atoms with E-state index in [4.69, 9.17) is 16.3 Å². The van der Waals surface area contributed by atoms with Crippen LogP contribution in [0.2, 0.25) is 5.02 Å². The van der Waals surface area contributed by atoms with E-state index in [1.54, 1.807) is 42.5 Å². The lowest BCUT2D eigenvalue weighted by Crippen LogP contribution is -1.90. The lowest BCUT2D eigenvalue weighted by atomic mass is 10.3. The van der Waals surface area contributed by atoms with Crippen LogP contribution in [0.1, 0.15) is 0 Å². The van der Waals surface area contributed by atoms with Crippen molar-refractivity contribution in [2.24, 2.45) is 0 Å². The molecule has 0 radical (unpaired) electrons. The van der Waals surface area contributed by atoms with Gasteiger partial charge in [0.25, 0.3) is 0 Å². The van der Waals surface area contributed by atoms with Gasteiger partial charge in [0.15, 0.2) is 0 Å². The fourth-order valence-electron chi connectivity index (χ4n) is 1.65. The van der Waals surface area contributed by atoms with Crippen molar-refractivity contribution in [3.8, 4) is 17.4 Å². The van der Waals surface area contributed by atoms with Gasteiger partial charge in [0.2, 0.25) is 5.88 Å². The zero-order valence-corrected chi connectivity index (χ0v) is 10.5. The molecule has 0 unspecified atom stereocenters. The van der Waals surface area contributed by atoms with Crippen molar-refractivity contribution in [1.82, 2.24) is 9.97 Å². The molecule has 0 bridgehead atoms. The molecule has 4 nitrogen and oxygen atoms in total. The molecule has 0 spiro atoms. The number of benzene rings is 2. The zero-order chi connectivity index (χ0) is 13.2. The lowest BCUT2D eigenvalue weighted by molar-refractivity contribution is 0.454. The van der Waals surface area contributed by atoms with Crippen LogP contribution in [-0.2, 0) is 0 Å². The number of hydrogen-bond acceptors (Lipinski definition) is 4. The van der Waals surface area contributed by atoms with Gasteiger partial charge in [0, 0.05) is 5.02 Å². The number of ether oxygens (including phenoxy) is 1. The van der Waals surface area contributed by atoms with Gasteiger partial charge < -0.3 is 9.84 Å². The molecule has 3 rings (SSSR count). The van der Waals surface area contributed by atoms with E-state index in [1.807, 2.05) is 0 Å². The summed E-state index contributed by atoms with van der Waals surface area (Å²) in [6, 6.07) is 11.7. The molecule has 0 aliphatic rings. The molecule has 94 valence electrons. The van der Waals surface area contributed by atoms with Gasteiger partial charge in [-0.25, -0.2) is 9.97 Å². The molecule has 0 aliphatic heterocycles. The first kappa shape index (κ1) is 11.7. The maximum Gasteiger partial charge on any atom is 0.238 e. The summed E-state index contributed by atoms with van der Waals surface area (Å²) in [5.41, 5.74) is 1.42. The van der Waals surface area contributed by atoms with Crippen LogP contribution in [0.15, 0.2) is 48.7 Å². The Morgan fingerprint density at radius 2 is 1.79 bits per heavy atom. The first-order valence-corrected chi connectivity index (χ1v) is 5.98. The molecule has 0 saturated carbocycles. The summed E-state index contributed by atoms with van der Waals surface area (Å²) >= 11 is 5.88. The van der Waals surface area contributed by atoms with Crippen LogP contribution in [0.3, 0.4) is 0 Å². The van der Waals surface area contributed by atoms with Crippen LogP contribution in [0.25, 0.3) is 11.0 Å². The first-order chi connectivity index (χ1) is 9.20. The van der Waals surface area contributed by atoms with Crippen LogP contribution in [0, 0.1) is 0 Å². The van der Waals surface area contributed by atoms with Gasteiger partial charge in [-0.3, -0.25) is 0 Å². The number of halogens is 1. The van der Waals surface area contributed by atoms with E-state index in [9.17, 15) is 5.11 Å². The minimum atomic E-state index is 0.187. The average molecular weight is 273 g/mol. The Hall–Kier alpha value is -2.33. The summed E-state index contributed by atoms with van der Waals surface area (Å²) in [6.45, 7) is 0. The van der Waals surface area contributed by atoms with Crippen molar-refractivity contribution in [2.75, 3.05) is 0 Å². The van der Waals surface area contributed by atoms with E-state index in [2.05, 4.69) is 9.97 Å². The number of aromatic nitrogens is 2. The molecule has 0 fully saturated rings. The molecule has 2 aromatic carbocycles. The van der Waals surface area contributed by atoms with E-state index in [0.717, 1.165) is 0 Å². The van der Waals surface area contributed by atoms with Gasteiger partial charge in [0.1, 0.15) is 11.5 Å². The Labute approximate surface area is 114 Å². The molecule has 5 heteroatoms. The van der Waals surface area contributed by atoms with Crippen LogP contribution in [-0.4, -0.2) is 15.1 Å². The Bertz CT molecular complexity index is 729. The number of aromatic hydroxyl groups is 1. The van der Waals surface area contributed by atoms with Crippen molar-refractivity contribution in [2.45, 2.75) is 0 Å². The van der Waals surface area contributed by atoms with Crippen LogP contribution >= 0.6 is 11.6 Å². The van der Waals surface area contributed by atoms with Crippen molar-refractivity contribution < 1.29 is 9.84 Å². The topological polar surface area (TPSA) is 55.2 Å². The summed E-state index contributed by atoms with van der Waals surface area (Å²) in [7, 11) is 0. The summed E-state index contributed by atoms with van der Waals surface area (Å²) < 4.78 is 5.55. The fourth-order valence-corrected chi connectivity index (χ4v) is 1.82. The molecule has 0 atom stereocenters. The number of phenolic OH excluding ortho intramolecular Hbond substituents is 1. The smallest absolute Gasteiger partial charge is 0.238 e. The Kier molecular flexibility index (Phi) is 2.93. The minimum absolute atomic E-state index is 0.187. The predicted molar refractivity (Wildman–Crippen MR) is 72.7 cm³/mol. The average Bonchev–Trinajstić information content (AvgIpc) is 2.42. The highest BCUT2D eigenvalue weighted by Crippen LogP contribution is 2.23. The van der Waals surface area contributed by atoms with Crippen molar-refractivity contribution in [3.05, 3.63) is 53.7 Å². The fraction of sp³-hybridized carbons (Fsp3) is 0. The third-order valence-corrected chi connectivity index (χ3v) is 2.78. The monoisotopic (exact) mass is 272 g/mol. The van der Waals surface area contributed by atoms with Gasteiger partial charge in [-0.2, -0.15) is 0 Å². The molecular formula is C14H9ClN2O2. The SMILES string of the molecule is Oc1ccc(Oc2cnc3cc(Cl)ccc3n2)cc1. The second kappa shape index (κ2) is 4.74. The van der Waals surface area contributed by atoms with Crippen LogP contribution in [0.4, 0.5) is 0 Å². The maximum atomic E-state index is 9.19. The van der Waals surface area contributed by atoms with Crippen LogP contribution in [0.5, 0.6) is 17.4 Å². The summed E-state index contributed by atoms with van der Waals surface area (Å²) in [5.74, 6) is 1.16. The van der Waals surface area contributed by atoms with E-state index < -0.39 is 0 Å². The largest absolute Gasteiger partial charge is 0.508 e. The Morgan fingerprint density at radius 1 is 1.00 bits per heavy atom. The molecule has 1 N–H and O–H groups in total. The number of fused-ring (bicyclic) bond motifs is 1. The van der Waals surface area contributed by atoms with E-state index in [-0.39, 0.29) is 5.75 Å². The molecule has 0 amide bonds. The second-order valence-corrected chi connectivity index (χ2v) is 4.37. The number of phenols is 1. The standard InChI is InChI=1S/C14H9ClN2O2/c15-9-1-6-12-13(7-9)16-8-14(17-12)19-11-4-2-10(18)3-5-11/h1-8,18H. The number of hydrogen-bond donors (Lipinski definition) is 1. The van der Waals surface area contributed by atoms with E-state index in [1.165, 1.54) is 6.20 Å². The summed E-state index contributed by atoms with van der Waals surface area (Å²) in [6.07, 6.45) is 1.53. The molecule has 1 aromatic heterocycles. The normalized spacial score (nSPS) is 10.6. The number of nitrogens with zero attached hydrogens (tertiary/aromatic N) is 2. The number of rotatable bonds is 2. The van der Waals surface area contributed by atoms with E-state index in [0.29, 0.717) is 27.7 Å². The van der Waals surface area contributed by atoms with Crippen molar-refractivity contribution in [1.29, 1.82) is 0 Å². The zero-order valence-electron chi connectivity index (χ0n) is 9.75. The van der Waals surface area contributed by atoms with Crippen molar-refractivity contribution >= 4 is 22.6 Å². The van der Waals surface area contributed by atoms with E-state index >= 15 is 0 Å². The highest BCUT2D eigenvalue weighted by Gasteiger charge is 2.03. The predicted octanol–water partition coefficient (Wildman–Crippen LogP) is 3.78. The van der Waals surface area contributed by atoms with Gasteiger partial charge in [-0.05, 0) is 42.5 Å². The highest BCUT2D eigenvalue weighted by molar-refractivity contribution is 6.31. The highest BCUT2D eigenvalue weighted by atomic mass is 35.5. The van der Waals surface area contributed by atoms with Gasteiger partial charge in [0.05, 0.1) is 17.2 Å². The summed E-state index contributed by atoms with van der Waals surface area (Å²) in [4.78, 5) is 8.56. The third kappa shape index (κ3) is 2.58. The lowest BCUT2D eigenvalue weighted by Gasteiger charge is -2.05. The third-order valence-electron chi connectivity index (χ3n) is 2.54. The first-order valence-electron chi connectivity index (χ1n) is 5.60. The molecule has 1 heterocycles. The van der Waals surface area contributed by atoms with Crippen LogP contribution < -0.4 is 4.74 Å². The van der Waals surface area contributed by atoms with Gasteiger partial charge >= 0.3 is 0 Å².